The molecule has 35 heavy (non-hydrogen) atoms. The number of nitrogens with one attached hydrogen (secondary N) is 1. The van der Waals surface area contributed by atoms with Crippen LogP contribution in [0.1, 0.15) is 44.7 Å². The molecule has 0 unspecified atom stereocenters. The van der Waals surface area contributed by atoms with E-state index >= 15 is 0 Å². The summed E-state index contributed by atoms with van der Waals surface area (Å²) in [6, 6.07) is 6.07. The second-order valence-electron chi connectivity index (χ2n) is 8.96. The second kappa shape index (κ2) is 11.4. The maximum Gasteiger partial charge on any atom is 0.330 e. The topological polar surface area (TPSA) is 132 Å². The van der Waals surface area contributed by atoms with Gasteiger partial charge in [-0.25, -0.2) is 4.79 Å². The van der Waals surface area contributed by atoms with Crippen LogP contribution in [0.25, 0.3) is 5.69 Å². The van der Waals surface area contributed by atoms with Gasteiger partial charge in [0.2, 0.25) is 5.91 Å². The summed E-state index contributed by atoms with van der Waals surface area (Å²) in [6.07, 6.45) is 3.11. The van der Waals surface area contributed by atoms with Crippen molar-refractivity contribution in [2.24, 2.45) is 5.92 Å². The minimum Gasteiger partial charge on any atom is -0.383 e. The Bertz CT molecular complexity index is 1310. The number of aryl methyl sites for hydroxylation is 2. The zero-order chi connectivity index (χ0) is 25.7. The first-order valence-electron chi connectivity index (χ1n) is 11.7. The number of nitrogens with two attached hydrogens (primary N) is 1. The lowest BCUT2D eigenvalue weighted by atomic mass is 10.1. The maximum absolute atomic E-state index is 13.4. The first kappa shape index (κ1) is 26.3. The lowest BCUT2D eigenvalue weighted by Gasteiger charge is -2.24. The fourth-order valence-corrected chi connectivity index (χ4v) is 4.63. The van der Waals surface area contributed by atoms with Crippen LogP contribution in [0.5, 0.6) is 0 Å². The standard InChI is InChI=1S/C24H33N7O3S/c1-6-7-10-29(20-21(25)30(12-15(2)3)23(34)27-22(20)33)19(32)13-35-24-28-26-14-31(24)18-9-8-16(4)11-17(18)5/h8-9,11,14-15H,6-7,10,12-13,25H2,1-5H3,(H,27,33,34). The Morgan fingerprint density at radius 2 is 2.00 bits per heavy atom. The number of hydrogen-bond acceptors (Lipinski definition) is 7. The van der Waals surface area contributed by atoms with Crippen LogP contribution in [0.4, 0.5) is 11.5 Å². The SMILES string of the molecule is CCCCN(C(=O)CSc1nncn1-c1ccc(C)cc1C)c1c(N)n(CC(C)C)c(=O)[nH]c1=O. The number of nitrogen functional groups attached to an aromatic ring is 1. The predicted molar refractivity (Wildman–Crippen MR) is 139 cm³/mol. The van der Waals surface area contributed by atoms with Crippen molar-refractivity contribution in [1.82, 2.24) is 24.3 Å². The number of anilines is 2. The number of hydrogen-bond donors (Lipinski definition) is 2. The molecule has 3 N–H and O–H groups in total. The largest absolute Gasteiger partial charge is 0.383 e. The van der Waals surface area contributed by atoms with E-state index in [1.54, 1.807) is 6.33 Å². The zero-order valence-electron chi connectivity index (χ0n) is 20.9. The van der Waals surface area contributed by atoms with E-state index in [1.165, 1.54) is 21.2 Å². The summed E-state index contributed by atoms with van der Waals surface area (Å²) in [7, 11) is 0. The van der Waals surface area contributed by atoms with Gasteiger partial charge in [-0.05, 0) is 37.8 Å². The lowest BCUT2D eigenvalue weighted by molar-refractivity contribution is -0.116. The lowest BCUT2D eigenvalue weighted by Crippen LogP contribution is -2.42. The van der Waals surface area contributed by atoms with Crippen LogP contribution in [0.2, 0.25) is 0 Å². The van der Waals surface area contributed by atoms with Crippen LogP contribution in [0.15, 0.2) is 39.3 Å². The second-order valence-corrected chi connectivity index (χ2v) is 9.90. The Balaban J connectivity index is 1.91. The van der Waals surface area contributed by atoms with Crippen molar-refractivity contribution >= 4 is 29.2 Å². The molecule has 1 aromatic carbocycles. The van der Waals surface area contributed by atoms with Crippen molar-refractivity contribution in [3.05, 3.63) is 56.5 Å². The Hall–Kier alpha value is -3.34. The molecule has 1 amide bonds. The molecule has 0 spiro atoms. The van der Waals surface area contributed by atoms with E-state index in [2.05, 4.69) is 21.2 Å². The number of aromatic amines is 1. The normalized spacial score (nSPS) is 11.3. The molecular formula is C24H33N7O3S. The van der Waals surface area contributed by atoms with Gasteiger partial charge >= 0.3 is 5.69 Å². The van der Waals surface area contributed by atoms with Gasteiger partial charge in [-0.15, -0.1) is 10.2 Å². The molecule has 0 bridgehead atoms. The number of nitrogens with zero attached hydrogens (tertiary/aromatic N) is 5. The van der Waals surface area contributed by atoms with Crippen LogP contribution in [-0.4, -0.2) is 42.5 Å². The minimum atomic E-state index is -0.666. The van der Waals surface area contributed by atoms with Crippen molar-refractivity contribution in [2.75, 3.05) is 22.9 Å². The molecule has 10 nitrogen and oxygen atoms in total. The quantitative estimate of drug-likeness (QED) is 0.410. The van der Waals surface area contributed by atoms with Gasteiger partial charge in [0.25, 0.3) is 5.56 Å². The van der Waals surface area contributed by atoms with Crippen molar-refractivity contribution in [2.45, 2.75) is 59.2 Å². The van der Waals surface area contributed by atoms with Crippen LogP contribution in [0.3, 0.4) is 0 Å². The molecule has 0 fully saturated rings. The summed E-state index contributed by atoms with van der Waals surface area (Å²) < 4.78 is 3.16. The van der Waals surface area contributed by atoms with Gasteiger partial charge in [0, 0.05) is 13.1 Å². The van der Waals surface area contributed by atoms with Crippen LogP contribution in [-0.2, 0) is 11.3 Å². The number of H-pyrrole nitrogens is 1. The predicted octanol–water partition coefficient (Wildman–Crippen LogP) is 2.90. The molecule has 188 valence electrons. The summed E-state index contributed by atoms with van der Waals surface area (Å²) in [6.45, 7) is 10.6. The van der Waals surface area contributed by atoms with E-state index in [0.717, 1.165) is 23.2 Å². The monoisotopic (exact) mass is 499 g/mol. The highest BCUT2D eigenvalue weighted by molar-refractivity contribution is 7.99. The third kappa shape index (κ3) is 6.02. The molecule has 0 saturated carbocycles. The van der Waals surface area contributed by atoms with E-state index in [0.29, 0.717) is 24.7 Å². The number of carbonyl (C=O) groups is 1. The smallest absolute Gasteiger partial charge is 0.330 e. The van der Waals surface area contributed by atoms with Gasteiger partial charge in [0.1, 0.15) is 12.1 Å². The third-order valence-electron chi connectivity index (χ3n) is 5.52. The molecule has 0 aliphatic carbocycles. The molecule has 0 aliphatic heterocycles. The number of aromatic nitrogens is 5. The first-order valence-corrected chi connectivity index (χ1v) is 12.7. The molecule has 2 heterocycles. The van der Waals surface area contributed by atoms with Crippen molar-refractivity contribution < 1.29 is 4.79 Å². The van der Waals surface area contributed by atoms with Crippen molar-refractivity contribution in [3.8, 4) is 5.69 Å². The van der Waals surface area contributed by atoms with Gasteiger partial charge < -0.3 is 10.6 Å². The first-order chi connectivity index (χ1) is 16.6. The third-order valence-corrected chi connectivity index (χ3v) is 6.45. The number of benzene rings is 1. The summed E-state index contributed by atoms with van der Waals surface area (Å²) >= 11 is 1.23. The highest BCUT2D eigenvalue weighted by atomic mass is 32.2. The molecule has 3 rings (SSSR count). The number of unbranched alkanes of at least 4 members (excludes halogenated alkanes) is 1. The Morgan fingerprint density at radius 3 is 2.66 bits per heavy atom. The summed E-state index contributed by atoms with van der Waals surface area (Å²) in [4.78, 5) is 42.2. The minimum absolute atomic E-state index is 0.000324. The van der Waals surface area contributed by atoms with E-state index in [9.17, 15) is 14.4 Å². The number of amides is 1. The number of thioether (sulfide) groups is 1. The summed E-state index contributed by atoms with van der Waals surface area (Å²) in [5.74, 6) is -0.151. The van der Waals surface area contributed by atoms with Gasteiger partial charge in [0.15, 0.2) is 10.8 Å². The van der Waals surface area contributed by atoms with Gasteiger partial charge in [-0.2, -0.15) is 0 Å². The molecule has 0 aliphatic rings. The van der Waals surface area contributed by atoms with Crippen LogP contribution < -0.4 is 21.9 Å². The van der Waals surface area contributed by atoms with E-state index in [4.69, 9.17) is 5.73 Å². The fourth-order valence-electron chi connectivity index (χ4n) is 3.83. The Labute approximate surface area is 208 Å². The van der Waals surface area contributed by atoms with E-state index in [1.807, 2.05) is 51.3 Å². The van der Waals surface area contributed by atoms with Gasteiger partial charge in [-0.1, -0.05) is 56.7 Å². The summed E-state index contributed by atoms with van der Waals surface area (Å²) in [5.41, 5.74) is 8.19. The Kier molecular flexibility index (Phi) is 8.55. The van der Waals surface area contributed by atoms with Gasteiger partial charge in [0.05, 0.1) is 11.4 Å². The molecule has 3 aromatic rings. The summed E-state index contributed by atoms with van der Waals surface area (Å²) in [5, 5.41) is 8.77. The van der Waals surface area contributed by atoms with Crippen LogP contribution in [0, 0.1) is 19.8 Å². The highest BCUT2D eigenvalue weighted by Crippen LogP contribution is 2.25. The van der Waals surface area contributed by atoms with E-state index in [-0.39, 0.29) is 29.1 Å². The average molecular weight is 500 g/mol. The van der Waals surface area contributed by atoms with Crippen molar-refractivity contribution in [3.63, 3.8) is 0 Å². The molecular weight excluding hydrogens is 466 g/mol. The van der Waals surface area contributed by atoms with E-state index < -0.39 is 11.2 Å². The average Bonchev–Trinajstić information content (AvgIpc) is 3.25. The molecule has 0 saturated heterocycles. The molecule has 0 atom stereocenters. The number of carbonyl (C=O) groups excluding carboxylic acids is 1. The number of rotatable bonds is 10. The molecule has 2 aromatic heterocycles. The van der Waals surface area contributed by atoms with Crippen LogP contribution >= 0.6 is 11.8 Å². The van der Waals surface area contributed by atoms with Gasteiger partial charge in [-0.3, -0.25) is 23.7 Å². The zero-order valence-corrected chi connectivity index (χ0v) is 21.7. The Morgan fingerprint density at radius 1 is 1.26 bits per heavy atom. The fraction of sp³-hybridized carbons (Fsp3) is 0.458. The van der Waals surface area contributed by atoms with Crippen molar-refractivity contribution in [1.29, 1.82) is 0 Å². The highest BCUT2D eigenvalue weighted by Gasteiger charge is 2.25. The maximum atomic E-state index is 13.4. The molecule has 11 heteroatoms. The molecule has 0 radical (unpaired) electrons.